The second-order valence-electron chi connectivity index (χ2n) is 4.81. The number of hydrogen-bond donors (Lipinski definition) is 4. The standard InChI is InChI=1S/C12H14FNO5/c13-7-1-3-8(4-2-7)14-11(5-15)9(17)10(18)12(14,6-16)19-11/h1-4,9-10,15-18H,5-6H2/t9-,10-,11-,12+/m0/s1. The van der Waals surface area contributed by atoms with Gasteiger partial charge in [0.2, 0.25) is 0 Å². The topological polar surface area (TPSA) is 93.4 Å². The van der Waals surface area contributed by atoms with Crippen LogP contribution in [-0.4, -0.2) is 57.3 Å². The molecule has 3 heterocycles. The summed E-state index contributed by atoms with van der Waals surface area (Å²) in [6.07, 6.45) is -2.73. The zero-order valence-electron chi connectivity index (χ0n) is 9.90. The molecule has 1 aromatic carbocycles. The summed E-state index contributed by atoms with van der Waals surface area (Å²) in [7, 11) is 0. The van der Waals surface area contributed by atoms with Gasteiger partial charge >= 0.3 is 0 Å². The molecule has 4 N–H and O–H groups in total. The van der Waals surface area contributed by atoms with Crippen LogP contribution < -0.4 is 4.90 Å². The molecule has 3 aliphatic heterocycles. The van der Waals surface area contributed by atoms with Crippen LogP contribution >= 0.6 is 0 Å². The molecule has 0 saturated carbocycles. The van der Waals surface area contributed by atoms with E-state index < -0.39 is 42.7 Å². The van der Waals surface area contributed by atoms with E-state index in [9.17, 15) is 24.8 Å². The number of aliphatic hydroxyl groups is 4. The van der Waals surface area contributed by atoms with Crippen molar-refractivity contribution < 1.29 is 29.6 Å². The molecule has 0 unspecified atom stereocenters. The number of nitrogens with zero attached hydrogens (tertiary/aromatic N) is 1. The van der Waals surface area contributed by atoms with Crippen molar-refractivity contribution in [2.75, 3.05) is 18.1 Å². The molecule has 6 nitrogen and oxygen atoms in total. The van der Waals surface area contributed by atoms with Gasteiger partial charge in [0.05, 0.1) is 13.2 Å². The largest absolute Gasteiger partial charge is 0.391 e. The number of hydrogen-bond acceptors (Lipinski definition) is 6. The molecule has 3 fully saturated rings. The Morgan fingerprint density at radius 1 is 1.05 bits per heavy atom. The van der Waals surface area contributed by atoms with Gasteiger partial charge in [-0.2, -0.15) is 0 Å². The van der Waals surface area contributed by atoms with Crippen LogP contribution in [0.5, 0.6) is 0 Å². The van der Waals surface area contributed by atoms with E-state index in [-0.39, 0.29) is 0 Å². The molecule has 19 heavy (non-hydrogen) atoms. The highest BCUT2D eigenvalue weighted by atomic mass is 19.1. The van der Waals surface area contributed by atoms with Crippen molar-refractivity contribution in [1.82, 2.24) is 0 Å². The summed E-state index contributed by atoms with van der Waals surface area (Å²) >= 11 is 0. The van der Waals surface area contributed by atoms with Crippen molar-refractivity contribution in [3.05, 3.63) is 30.1 Å². The normalized spacial score (nSPS) is 40.4. The van der Waals surface area contributed by atoms with E-state index in [1.165, 1.54) is 29.2 Å². The maximum absolute atomic E-state index is 12.9. The van der Waals surface area contributed by atoms with E-state index in [0.717, 1.165) is 0 Å². The molecule has 3 saturated heterocycles. The van der Waals surface area contributed by atoms with Gasteiger partial charge in [-0.25, -0.2) is 4.39 Å². The maximum Gasteiger partial charge on any atom is 0.198 e. The molecule has 1 aromatic rings. The average Bonchev–Trinajstić information content (AvgIpc) is 2.73. The Morgan fingerprint density at radius 2 is 1.53 bits per heavy atom. The smallest absolute Gasteiger partial charge is 0.198 e. The third-order valence-electron chi connectivity index (χ3n) is 3.87. The van der Waals surface area contributed by atoms with E-state index in [4.69, 9.17) is 4.74 Å². The summed E-state index contributed by atoms with van der Waals surface area (Å²) in [5, 5.41) is 38.9. The van der Waals surface area contributed by atoms with Crippen LogP contribution in [-0.2, 0) is 4.74 Å². The molecule has 4 rings (SSSR count). The fourth-order valence-electron chi connectivity index (χ4n) is 2.98. The molecular weight excluding hydrogens is 257 g/mol. The summed E-state index contributed by atoms with van der Waals surface area (Å²) in [4.78, 5) is 1.40. The SMILES string of the molecule is OC[C@]12O[C@](CO)([C@@H](O)[C@@H]1O)N2c1ccc(F)cc1. The number of fused-ring (bicyclic) bond motifs is 1. The number of aliphatic hydroxyl groups excluding tert-OH is 4. The van der Waals surface area contributed by atoms with E-state index in [1.54, 1.807) is 0 Å². The Hall–Kier alpha value is -1.25. The number of ether oxygens (including phenoxy) is 1. The van der Waals surface area contributed by atoms with Crippen molar-refractivity contribution in [3.63, 3.8) is 0 Å². The maximum atomic E-state index is 12.9. The molecule has 7 heteroatoms. The van der Waals surface area contributed by atoms with Crippen LogP contribution in [0.15, 0.2) is 24.3 Å². The van der Waals surface area contributed by atoms with Crippen LogP contribution in [0.4, 0.5) is 10.1 Å². The minimum Gasteiger partial charge on any atom is -0.391 e. The van der Waals surface area contributed by atoms with Crippen LogP contribution in [0.3, 0.4) is 0 Å². The second kappa shape index (κ2) is 3.87. The lowest BCUT2D eigenvalue weighted by molar-refractivity contribution is -0.262. The summed E-state index contributed by atoms with van der Waals surface area (Å²) in [6.45, 7) is -1.13. The Balaban J connectivity index is 2.07. The summed E-state index contributed by atoms with van der Waals surface area (Å²) < 4.78 is 18.3. The molecule has 104 valence electrons. The van der Waals surface area contributed by atoms with Gasteiger partial charge in [0.1, 0.15) is 18.0 Å². The molecule has 3 aliphatic rings. The highest BCUT2D eigenvalue weighted by Gasteiger charge is 2.79. The van der Waals surface area contributed by atoms with E-state index in [0.29, 0.717) is 5.69 Å². The Morgan fingerprint density at radius 3 is 1.95 bits per heavy atom. The van der Waals surface area contributed by atoms with Crippen LogP contribution in [0.1, 0.15) is 0 Å². The first kappa shape index (κ1) is 12.8. The third kappa shape index (κ3) is 1.31. The Kier molecular flexibility index (Phi) is 2.60. The minimum atomic E-state index is -1.50. The lowest BCUT2D eigenvalue weighted by atomic mass is 10.1. The fraction of sp³-hybridized carbons (Fsp3) is 0.500. The first-order chi connectivity index (χ1) is 9.01. The van der Waals surface area contributed by atoms with Crippen LogP contribution in [0.2, 0.25) is 0 Å². The number of halogens is 1. The molecule has 4 atom stereocenters. The van der Waals surface area contributed by atoms with Crippen LogP contribution in [0.25, 0.3) is 0 Å². The first-order valence-electron chi connectivity index (χ1n) is 5.86. The molecule has 0 aromatic heterocycles. The van der Waals surface area contributed by atoms with Gasteiger partial charge in [-0.05, 0) is 24.3 Å². The minimum absolute atomic E-state index is 0.435. The number of rotatable bonds is 3. The average molecular weight is 271 g/mol. The van der Waals surface area contributed by atoms with E-state index >= 15 is 0 Å². The summed E-state index contributed by atoms with van der Waals surface area (Å²) in [5.74, 6) is -0.435. The van der Waals surface area contributed by atoms with Gasteiger partial charge in [0.25, 0.3) is 0 Å². The van der Waals surface area contributed by atoms with Gasteiger partial charge in [-0.1, -0.05) is 0 Å². The quantitative estimate of drug-likeness (QED) is 0.550. The van der Waals surface area contributed by atoms with Crippen molar-refractivity contribution in [2.45, 2.75) is 23.7 Å². The lowest BCUT2D eigenvalue weighted by Gasteiger charge is -2.57. The van der Waals surface area contributed by atoms with Gasteiger partial charge in [0.15, 0.2) is 11.4 Å². The lowest BCUT2D eigenvalue weighted by Crippen LogP contribution is -2.76. The van der Waals surface area contributed by atoms with Crippen molar-refractivity contribution >= 4 is 5.69 Å². The van der Waals surface area contributed by atoms with E-state index in [1.807, 2.05) is 0 Å². The van der Waals surface area contributed by atoms with Crippen LogP contribution in [0, 0.1) is 5.82 Å². The monoisotopic (exact) mass is 271 g/mol. The van der Waals surface area contributed by atoms with Gasteiger partial charge in [-0.3, -0.25) is 0 Å². The molecule has 0 radical (unpaired) electrons. The molecule has 0 spiro atoms. The second-order valence-corrected chi connectivity index (χ2v) is 4.81. The van der Waals surface area contributed by atoms with E-state index in [2.05, 4.69) is 0 Å². The molecule has 2 bridgehead atoms. The predicted molar refractivity (Wildman–Crippen MR) is 61.6 cm³/mol. The zero-order chi connectivity index (χ0) is 13.8. The van der Waals surface area contributed by atoms with Crippen molar-refractivity contribution in [1.29, 1.82) is 0 Å². The summed E-state index contributed by atoms with van der Waals surface area (Å²) in [5.41, 5.74) is -2.56. The van der Waals surface area contributed by atoms with Crippen molar-refractivity contribution in [2.24, 2.45) is 0 Å². The van der Waals surface area contributed by atoms with Gasteiger partial charge in [0, 0.05) is 5.69 Å². The molecular formula is C12H14FNO5. The number of anilines is 1. The Bertz CT molecular complexity index is 475. The van der Waals surface area contributed by atoms with Crippen molar-refractivity contribution in [3.8, 4) is 0 Å². The number of benzene rings is 1. The predicted octanol–water partition coefficient (Wildman–Crippen LogP) is -1.23. The van der Waals surface area contributed by atoms with Gasteiger partial charge < -0.3 is 30.1 Å². The summed E-state index contributed by atoms with van der Waals surface area (Å²) in [6, 6.07) is 5.28. The van der Waals surface area contributed by atoms with Gasteiger partial charge in [-0.15, -0.1) is 0 Å². The Labute approximate surface area is 108 Å². The zero-order valence-corrected chi connectivity index (χ0v) is 9.90. The molecule has 0 aliphatic carbocycles. The highest BCUT2D eigenvalue weighted by molar-refractivity contribution is 5.58. The first-order valence-corrected chi connectivity index (χ1v) is 5.86. The third-order valence-corrected chi connectivity index (χ3v) is 3.87. The fourth-order valence-corrected chi connectivity index (χ4v) is 2.98. The molecule has 0 amide bonds. The highest BCUT2D eigenvalue weighted by Crippen LogP contribution is 2.56.